The molecule has 1 atom stereocenters. The van der Waals surface area contributed by atoms with Gasteiger partial charge in [-0.05, 0) is 29.5 Å². The quantitative estimate of drug-likeness (QED) is 0.878. The number of aromatic carboxylic acids is 1. The van der Waals surface area contributed by atoms with Gasteiger partial charge in [-0.3, -0.25) is 0 Å². The van der Waals surface area contributed by atoms with Crippen molar-refractivity contribution in [1.82, 2.24) is 0 Å². The third-order valence-electron chi connectivity index (χ3n) is 2.66. The van der Waals surface area contributed by atoms with Crippen molar-refractivity contribution < 1.29 is 15.0 Å². The first-order valence-corrected chi connectivity index (χ1v) is 6.03. The number of aliphatic hydroxyl groups excluding tert-OH is 1. The predicted octanol–water partition coefficient (Wildman–Crippen LogP) is 2.84. The van der Waals surface area contributed by atoms with E-state index in [9.17, 15) is 9.90 Å². The lowest BCUT2D eigenvalue weighted by Crippen LogP contribution is -2.05. The lowest BCUT2D eigenvalue weighted by Gasteiger charge is -2.13. The third kappa shape index (κ3) is 2.23. The molecule has 0 spiro atoms. The zero-order valence-electron chi connectivity index (χ0n) is 9.25. The molecule has 88 valence electrons. The van der Waals surface area contributed by atoms with Crippen molar-refractivity contribution >= 4 is 17.3 Å². The van der Waals surface area contributed by atoms with Crippen molar-refractivity contribution in [1.29, 1.82) is 0 Å². The van der Waals surface area contributed by atoms with Gasteiger partial charge >= 0.3 is 5.97 Å². The molecule has 0 aliphatic heterocycles. The van der Waals surface area contributed by atoms with Gasteiger partial charge in [-0.25, -0.2) is 4.79 Å². The molecule has 1 aromatic carbocycles. The Labute approximate surface area is 103 Å². The zero-order chi connectivity index (χ0) is 12.4. The molecular weight excluding hydrogens is 236 g/mol. The van der Waals surface area contributed by atoms with Crippen molar-refractivity contribution in [2.75, 3.05) is 0 Å². The monoisotopic (exact) mass is 248 g/mol. The Morgan fingerprint density at radius 1 is 1.29 bits per heavy atom. The van der Waals surface area contributed by atoms with Crippen molar-refractivity contribution in [3.05, 3.63) is 57.3 Å². The van der Waals surface area contributed by atoms with Crippen LogP contribution >= 0.6 is 11.3 Å². The Morgan fingerprint density at radius 3 is 2.65 bits per heavy atom. The van der Waals surface area contributed by atoms with Gasteiger partial charge in [-0.1, -0.05) is 24.3 Å². The number of hydrogen-bond donors (Lipinski definition) is 2. The number of aryl methyl sites for hydroxylation is 1. The minimum Gasteiger partial charge on any atom is -0.478 e. The molecule has 0 saturated heterocycles. The van der Waals surface area contributed by atoms with E-state index in [1.165, 1.54) is 17.4 Å². The van der Waals surface area contributed by atoms with Crippen LogP contribution < -0.4 is 0 Å². The summed E-state index contributed by atoms with van der Waals surface area (Å²) < 4.78 is 0. The summed E-state index contributed by atoms with van der Waals surface area (Å²) in [5.74, 6) is -1.01. The van der Waals surface area contributed by atoms with Gasteiger partial charge < -0.3 is 10.2 Å². The van der Waals surface area contributed by atoms with Crippen LogP contribution in [0, 0.1) is 6.92 Å². The van der Waals surface area contributed by atoms with E-state index in [0.717, 1.165) is 11.1 Å². The summed E-state index contributed by atoms with van der Waals surface area (Å²) in [6.45, 7) is 1.90. The highest BCUT2D eigenvalue weighted by Crippen LogP contribution is 2.31. The van der Waals surface area contributed by atoms with Gasteiger partial charge in [0.15, 0.2) is 0 Å². The van der Waals surface area contributed by atoms with Crippen LogP contribution in [0.2, 0.25) is 0 Å². The van der Waals surface area contributed by atoms with E-state index < -0.39 is 12.1 Å². The maximum absolute atomic E-state index is 11.0. The maximum Gasteiger partial charge on any atom is 0.336 e. The molecule has 0 bridgehead atoms. The Kier molecular flexibility index (Phi) is 3.26. The lowest BCUT2D eigenvalue weighted by atomic mass is 10.0. The third-order valence-corrected chi connectivity index (χ3v) is 3.63. The Balaban J connectivity index is 2.44. The molecule has 2 N–H and O–H groups in total. The number of carboxylic acids is 1. The first-order chi connectivity index (χ1) is 8.11. The summed E-state index contributed by atoms with van der Waals surface area (Å²) in [5, 5.41) is 20.9. The molecule has 3 nitrogen and oxygen atoms in total. The molecule has 17 heavy (non-hydrogen) atoms. The topological polar surface area (TPSA) is 57.5 Å². The molecular formula is C13H12O3S. The van der Waals surface area contributed by atoms with E-state index >= 15 is 0 Å². The van der Waals surface area contributed by atoms with Crippen LogP contribution in [0.25, 0.3) is 0 Å². The van der Waals surface area contributed by atoms with Crippen LogP contribution in [0.15, 0.2) is 35.7 Å². The number of hydrogen-bond acceptors (Lipinski definition) is 3. The molecule has 0 fully saturated rings. The fourth-order valence-electron chi connectivity index (χ4n) is 1.74. The minimum atomic E-state index is -1.01. The number of carboxylic acid groups (broad SMARTS) is 1. The number of benzene rings is 1. The highest BCUT2D eigenvalue weighted by molar-refractivity contribution is 7.10. The average molecular weight is 248 g/mol. The van der Waals surface area contributed by atoms with Gasteiger partial charge in [-0.2, -0.15) is 0 Å². The molecule has 4 heteroatoms. The highest BCUT2D eigenvalue weighted by Gasteiger charge is 2.20. The van der Waals surface area contributed by atoms with E-state index in [2.05, 4.69) is 0 Å². The standard InChI is InChI=1S/C13H12O3S/c1-8-4-2-3-5-9(8)11(14)12-10(13(15)16)6-7-17-12/h2-7,11,14H,1H3,(H,15,16). The summed E-state index contributed by atoms with van der Waals surface area (Å²) in [4.78, 5) is 11.5. The van der Waals surface area contributed by atoms with Crippen LogP contribution in [-0.2, 0) is 0 Å². The van der Waals surface area contributed by atoms with Crippen LogP contribution in [0.4, 0.5) is 0 Å². The van der Waals surface area contributed by atoms with Crippen LogP contribution in [0.5, 0.6) is 0 Å². The average Bonchev–Trinajstić information content (AvgIpc) is 2.77. The van der Waals surface area contributed by atoms with E-state index in [-0.39, 0.29) is 5.56 Å². The molecule has 0 radical (unpaired) electrons. The number of carbonyl (C=O) groups is 1. The van der Waals surface area contributed by atoms with Crippen molar-refractivity contribution in [3.8, 4) is 0 Å². The Morgan fingerprint density at radius 2 is 2.00 bits per heavy atom. The van der Waals surface area contributed by atoms with E-state index in [1.807, 2.05) is 31.2 Å². The maximum atomic E-state index is 11.0. The predicted molar refractivity (Wildman–Crippen MR) is 66.5 cm³/mol. The SMILES string of the molecule is Cc1ccccc1C(O)c1sccc1C(=O)O. The van der Waals surface area contributed by atoms with Crippen LogP contribution in [0.3, 0.4) is 0 Å². The smallest absolute Gasteiger partial charge is 0.336 e. The first-order valence-electron chi connectivity index (χ1n) is 5.15. The molecule has 1 aromatic heterocycles. The number of aliphatic hydroxyl groups is 1. The number of thiophene rings is 1. The minimum absolute atomic E-state index is 0.172. The van der Waals surface area contributed by atoms with Crippen molar-refractivity contribution in [2.45, 2.75) is 13.0 Å². The second-order valence-electron chi connectivity index (χ2n) is 3.76. The van der Waals surface area contributed by atoms with Gasteiger partial charge in [0, 0.05) is 0 Å². The normalized spacial score (nSPS) is 12.4. The van der Waals surface area contributed by atoms with Gasteiger partial charge in [0.25, 0.3) is 0 Å². The molecule has 0 aliphatic rings. The van der Waals surface area contributed by atoms with Crippen molar-refractivity contribution in [2.24, 2.45) is 0 Å². The molecule has 2 aromatic rings. The second-order valence-corrected chi connectivity index (χ2v) is 4.71. The zero-order valence-corrected chi connectivity index (χ0v) is 10.1. The molecule has 0 aliphatic carbocycles. The summed E-state index contributed by atoms with van der Waals surface area (Å²) in [6, 6.07) is 8.94. The van der Waals surface area contributed by atoms with Gasteiger partial charge in [0.1, 0.15) is 6.10 Å². The second kappa shape index (κ2) is 4.69. The van der Waals surface area contributed by atoms with Crippen molar-refractivity contribution in [3.63, 3.8) is 0 Å². The molecule has 0 saturated carbocycles. The van der Waals surface area contributed by atoms with E-state index in [4.69, 9.17) is 5.11 Å². The molecule has 0 amide bonds. The van der Waals surface area contributed by atoms with Gasteiger partial charge in [0.2, 0.25) is 0 Å². The van der Waals surface area contributed by atoms with Gasteiger partial charge in [0.05, 0.1) is 10.4 Å². The van der Waals surface area contributed by atoms with Crippen LogP contribution in [-0.4, -0.2) is 16.2 Å². The highest BCUT2D eigenvalue weighted by atomic mass is 32.1. The fourth-order valence-corrected chi connectivity index (χ4v) is 2.63. The summed E-state index contributed by atoms with van der Waals surface area (Å²) in [7, 11) is 0. The lowest BCUT2D eigenvalue weighted by molar-refractivity contribution is 0.0692. The molecule has 1 unspecified atom stereocenters. The summed E-state index contributed by atoms with van der Waals surface area (Å²) in [6.07, 6.45) is -0.873. The summed E-state index contributed by atoms with van der Waals surface area (Å²) >= 11 is 1.26. The number of rotatable bonds is 3. The Bertz CT molecular complexity index is 545. The molecule has 1 heterocycles. The fraction of sp³-hybridized carbons (Fsp3) is 0.154. The van der Waals surface area contributed by atoms with E-state index in [0.29, 0.717) is 4.88 Å². The van der Waals surface area contributed by atoms with Crippen LogP contribution in [0.1, 0.15) is 32.5 Å². The Hall–Kier alpha value is -1.65. The molecule has 2 rings (SSSR count). The van der Waals surface area contributed by atoms with E-state index in [1.54, 1.807) is 5.38 Å². The largest absolute Gasteiger partial charge is 0.478 e. The first kappa shape index (κ1) is 11.8. The summed E-state index contributed by atoms with van der Waals surface area (Å²) in [5.41, 5.74) is 1.87. The van der Waals surface area contributed by atoms with Gasteiger partial charge in [-0.15, -0.1) is 11.3 Å².